The molecular weight excluding hydrogens is 543 g/mol. The summed E-state index contributed by atoms with van der Waals surface area (Å²) in [6.45, 7) is 11.7. The van der Waals surface area contributed by atoms with Gasteiger partial charge >= 0.3 is 131 Å². The van der Waals surface area contributed by atoms with Crippen molar-refractivity contribution < 1.29 is 54.0 Å². The number of allylic oxidation sites excluding steroid dienone is 2. The predicted molar refractivity (Wildman–Crippen MR) is 129 cm³/mol. The van der Waals surface area contributed by atoms with Crippen LogP contribution in [0.5, 0.6) is 0 Å². The van der Waals surface area contributed by atoms with Gasteiger partial charge in [-0.25, -0.2) is 0 Å². The number of hydrogen-bond acceptors (Lipinski definition) is 1. The van der Waals surface area contributed by atoms with Gasteiger partial charge in [-0.3, -0.25) is 0 Å². The number of fused-ring (bicyclic) bond motifs is 1. The van der Waals surface area contributed by atoms with Gasteiger partial charge in [-0.2, -0.15) is 0 Å². The van der Waals surface area contributed by atoms with Gasteiger partial charge in [0.2, 0.25) is 0 Å². The Morgan fingerprint density at radius 1 is 0.909 bits per heavy atom. The monoisotopic (exact) mass is 569 g/mol. The van der Waals surface area contributed by atoms with Crippen LogP contribution in [-0.2, 0) is 24.7 Å². The second-order valence-electron chi connectivity index (χ2n) is 9.82. The molecule has 2 aliphatic heterocycles. The minimum Gasteiger partial charge on any atom is -1.00 e. The SMILES string of the molecule is CC(C)C1=Cc2c(-c3ccccc3)cccc2[CH]1[Zr+2].CC1=C2c3occc3C1[Si]2(C)C.[Cl-].[Cl-]. The smallest absolute Gasteiger partial charge is 0.129 e. The zero-order valence-corrected chi connectivity index (χ0v) is 24.7. The van der Waals surface area contributed by atoms with Crippen LogP contribution < -0.4 is 24.8 Å². The topological polar surface area (TPSA) is 13.1 Å². The van der Waals surface area contributed by atoms with Gasteiger partial charge in [0.1, 0.15) is 5.76 Å². The molecule has 1 aromatic heterocycles. The summed E-state index contributed by atoms with van der Waals surface area (Å²) in [4.78, 5) is 0. The van der Waals surface area contributed by atoms with E-state index in [1.54, 1.807) is 41.1 Å². The van der Waals surface area contributed by atoms with E-state index in [1.165, 1.54) is 33.6 Å². The molecule has 4 aliphatic rings. The van der Waals surface area contributed by atoms with Gasteiger partial charge in [-0.05, 0) is 18.2 Å². The molecule has 0 spiro atoms. The summed E-state index contributed by atoms with van der Waals surface area (Å²) in [5.41, 5.74) is 11.1. The Morgan fingerprint density at radius 2 is 1.61 bits per heavy atom. The molecule has 2 unspecified atom stereocenters. The van der Waals surface area contributed by atoms with Crippen molar-refractivity contribution in [2.45, 2.75) is 43.0 Å². The maximum Gasteiger partial charge on any atom is 0.129 e. The van der Waals surface area contributed by atoms with Crippen LogP contribution in [0.1, 0.15) is 52.4 Å². The third kappa shape index (κ3) is 4.14. The quantitative estimate of drug-likeness (QED) is 0.429. The van der Waals surface area contributed by atoms with E-state index in [9.17, 15) is 0 Å². The van der Waals surface area contributed by atoms with E-state index in [1.807, 2.05) is 6.26 Å². The Balaban J connectivity index is 0.000000190. The molecule has 169 valence electrons. The fourth-order valence-corrected chi connectivity index (χ4v) is 11.8. The van der Waals surface area contributed by atoms with E-state index in [0.29, 0.717) is 9.54 Å². The predicted octanol–water partition coefficient (Wildman–Crippen LogP) is 1.95. The van der Waals surface area contributed by atoms with Crippen molar-refractivity contribution in [1.82, 2.24) is 0 Å². The van der Waals surface area contributed by atoms with Crippen LogP contribution >= 0.6 is 0 Å². The Bertz CT molecular complexity index is 1220. The molecule has 0 N–H and O–H groups in total. The fraction of sp³-hybridized carbons (Fsp3) is 0.286. The third-order valence-corrected chi connectivity index (χ3v) is 13.0. The Labute approximate surface area is 226 Å². The normalized spacial score (nSPS) is 20.5. The molecule has 3 aromatic rings. The van der Waals surface area contributed by atoms with Gasteiger partial charge in [0.25, 0.3) is 0 Å². The molecule has 1 nitrogen and oxygen atoms in total. The molecule has 0 saturated heterocycles. The first-order chi connectivity index (χ1) is 14.8. The van der Waals surface area contributed by atoms with E-state index in [-0.39, 0.29) is 24.8 Å². The summed E-state index contributed by atoms with van der Waals surface area (Å²) in [6.07, 6.45) is 4.26. The molecule has 33 heavy (non-hydrogen) atoms. The van der Waals surface area contributed by atoms with E-state index in [4.69, 9.17) is 4.42 Å². The van der Waals surface area contributed by atoms with E-state index >= 15 is 0 Å². The van der Waals surface area contributed by atoms with Gasteiger partial charge in [0, 0.05) is 11.1 Å². The Morgan fingerprint density at radius 3 is 2.21 bits per heavy atom. The van der Waals surface area contributed by atoms with Crippen LogP contribution in [0.4, 0.5) is 0 Å². The largest absolute Gasteiger partial charge is 1.00 e. The second-order valence-corrected chi connectivity index (χ2v) is 15.8. The van der Waals surface area contributed by atoms with E-state index < -0.39 is 8.07 Å². The first kappa shape index (κ1) is 26.5. The maximum atomic E-state index is 5.51. The van der Waals surface area contributed by atoms with Gasteiger partial charge in [-0.1, -0.05) is 18.7 Å². The van der Waals surface area contributed by atoms with Gasteiger partial charge in [0.15, 0.2) is 0 Å². The molecule has 5 heteroatoms. The minimum absolute atomic E-state index is 0. The molecule has 0 saturated carbocycles. The minimum atomic E-state index is -1.08. The molecule has 2 atom stereocenters. The summed E-state index contributed by atoms with van der Waals surface area (Å²) < 4.78 is 6.16. The Hall–Kier alpha value is -1.12. The van der Waals surface area contributed by atoms with E-state index in [0.717, 1.165) is 5.54 Å². The molecule has 0 amide bonds. The van der Waals surface area contributed by atoms with Crippen molar-refractivity contribution in [2.24, 2.45) is 5.92 Å². The van der Waals surface area contributed by atoms with Crippen LogP contribution in [-0.4, -0.2) is 8.07 Å². The Kier molecular flexibility index (Phi) is 7.91. The molecular formula is C28H29Cl2OSiZr. The first-order valence-corrected chi connectivity index (χ1v) is 15.7. The van der Waals surface area contributed by atoms with Crippen LogP contribution in [0.15, 0.2) is 76.4 Å². The fourth-order valence-electron chi connectivity index (χ4n) is 5.90. The summed E-state index contributed by atoms with van der Waals surface area (Å²) in [6, 6.07) is 19.6. The third-order valence-electron chi connectivity index (χ3n) is 7.27. The van der Waals surface area contributed by atoms with Crippen LogP contribution in [0.2, 0.25) is 13.1 Å². The van der Waals surface area contributed by atoms with Crippen molar-refractivity contribution in [2.75, 3.05) is 0 Å². The average Bonchev–Trinajstić information content (AvgIpc) is 3.45. The molecule has 2 bridgehead atoms. The van der Waals surface area contributed by atoms with Gasteiger partial charge in [0.05, 0.1) is 14.3 Å². The molecule has 2 aliphatic carbocycles. The summed E-state index contributed by atoms with van der Waals surface area (Å²) in [5, 5.41) is 1.59. The van der Waals surface area contributed by atoms with Crippen LogP contribution in [0.25, 0.3) is 22.4 Å². The number of benzene rings is 2. The molecule has 3 heterocycles. The van der Waals surface area contributed by atoms with Crippen LogP contribution in [0, 0.1) is 5.92 Å². The summed E-state index contributed by atoms with van der Waals surface area (Å²) in [5.74, 6) is 1.86. The number of furan rings is 1. The first-order valence-electron chi connectivity index (χ1n) is 11.2. The van der Waals surface area contributed by atoms with Crippen LogP contribution in [0.3, 0.4) is 0 Å². The van der Waals surface area contributed by atoms with E-state index in [2.05, 4.69) is 94.5 Å². The van der Waals surface area contributed by atoms with Crippen molar-refractivity contribution in [3.8, 4) is 11.1 Å². The zero-order valence-electron chi connectivity index (χ0n) is 19.7. The van der Waals surface area contributed by atoms with Gasteiger partial charge in [-0.15, -0.1) is 0 Å². The van der Waals surface area contributed by atoms with Crippen molar-refractivity contribution in [1.29, 1.82) is 0 Å². The maximum absolute atomic E-state index is 5.51. The standard InChI is InChI=1S/C18H17.C10H12OSi.2ClH.Zr/c1-13(2)16-11-15-9-6-10-17(18(15)12-16)14-7-4-3-5-8-14;1-6-9-7-4-5-11-8(7)10(6)12(9,2)3;;;/h3-13H,1-2H3;4-5,9H,1-3H3;2*1H;/q;;;;+2/p-2. The van der Waals surface area contributed by atoms with Crippen molar-refractivity contribution >= 4 is 19.3 Å². The summed E-state index contributed by atoms with van der Waals surface area (Å²) in [7, 11) is -1.08. The average molecular weight is 572 g/mol. The number of halogens is 2. The van der Waals surface area contributed by atoms with Gasteiger partial charge < -0.3 is 29.2 Å². The second kappa shape index (κ2) is 9.86. The van der Waals surface area contributed by atoms with Crippen molar-refractivity contribution in [3.63, 3.8) is 0 Å². The molecule has 2 aromatic carbocycles. The zero-order chi connectivity index (χ0) is 21.9. The molecule has 0 radical (unpaired) electrons. The number of rotatable bonds is 2. The molecule has 7 rings (SSSR count). The number of hydrogen-bond donors (Lipinski definition) is 0. The molecule has 0 fully saturated rings. The van der Waals surface area contributed by atoms with Crippen molar-refractivity contribution in [3.05, 3.63) is 94.5 Å². The summed E-state index contributed by atoms with van der Waals surface area (Å²) >= 11 is 1.60.